The number of anilines is 2. The monoisotopic (exact) mass is 433 g/mol. The zero-order valence-corrected chi connectivity index (χ0v) is 18.3. The van der Waals surface area contributed by atoms with Gasteiger partial charge in [0.1, 0.15) is 0 Å². The second-order valence-corrected chi connectivity index (χ2v) is 7.77. The fourth-order valence-electron chi connectivity index (χ4n) is 3.81. The second-order valence-electron chi connectivity index (χ2n) is 7.77. The Morgan fingerprint density at radius 2 is 1.47 bits per heavy atom. The summed E-state index contributed by atoms with van der Waals surface area (Å²) in [5.74, 6) is -0.914. The minimum absolute atomic E-state index is 0.346. The van der Waals surface area contributed by atoms with Crippen LogP contribution in [0.1, 0.15) is 21.7 Å². The van der Waals surface area contributed by atoms with E-state index in [0.29, 0.717) is 11.3 Å². The number of aryl methyl sites for hydroxylation is 2. The van der Waals surface area contributed by atoms with E-state index >= 15 is 0 Å². The molecular formula is C25H27N3O4. The minimum Gasteiger partial charge on any atom is -0.452 e. The molecular weight excluding hydrogens is 406 g/mol. The van der Waals surface area contributed by atoms with Crippen molar-refractivity contribution in [3.05, 3.63) is 77.6 Å². The van der Waals surface area contributed by atoms with Crippen LogP contribution in [0.3, 0.4) is 0 Å². The van der Waals surface area contributed by atoms with Gasteiger partial charge in [0.25, 0.3) is 5.91 Å². The first-order valence-corrected chi connectivity index (χ1v) is 10.7. The molecule has 2 heterocycles. The van der Waals surface area contributed by atoms with E-state index < -0.39 is 5.97 Å². The fraction of sp³-hybridized carbons (Fsp3) is 0.280. The number of benzene rings is 2. The van der Waals surface area contributed by atoms with E-state index in [2.05, 4.69) is 14.8 Å². The van der Waals surface area contributed by atoms with Crippen molar-refractivity contribution in [2.75, 3.05) is 43.1 Å². The number of hydrogen-bond acceptors (Lipinski definition) is 5. The predicted octanol–water partition coefficient (Wildman–Crippen LogP) is 3.73. The molecule has 0 saturated carbocycles. The third kappa shape index (κ3) is 5.00. The Morgan fingerprint density at radius 3 is 2.09 bits per heavy atom. The lowest BCUT2D eigenvalue weighted by Gasteiger charge is -2.28. The Hall–Kier alpha value is -3.58. The molecule has 0 spiro atoms. The fourth-order valence-corrected chi connectivity index (χ4v) is 3.81. The highest BCUT2D eigenvalue weighted by Gasteiger charge is 2.13. The molecule has 1 amide bonds. The Kier molecular flexibility index (Phi) is 6.56. The molecule has 0 aliphatic carbocycles. The highest BCUT2D eigenvalue weighted by molar-refractivity contribution is 5.95. The van der Waals surface area contributed by atoms with Crippen molar-refractivity contribution in [3.8, 4) is 5.69 Å². The molecule has 0 atom stereocenters. The molecule has 1 saturated heterocycles. The molecule has 2 aromatic carbocycles. The van der Waals surface area contributed by atoms with E-state index in [-0.39, 0.29) is 12.5 Å². The molecule has 0 bridgehead atoms. The number of ether oxygens (including phenoxy) is 2. The minimum atomic E-state index is -0.532. The number of morpholine rings is 1. The average molecular weight is 434 g/mol. The van der Waals surface area contributed by atoms with E-state index in [1.807, 2.05) is 62.4 Å². The van der Waals surface area contributed by atoms with Crippen molar-refractivity contribution in [1.29, 1.82) is 0 Å². The first-order chi connectivity index (χ1) is 15.5. The predicted molar refractivity (Wildman–Crippen MR) is 124 cm³/mol. The van der Waals surface area contributed by atoms with Crippen LogP contribution in [0.25, 0.3) is 5.69 Å². The molecule has 3 aromatic rings. The third-order valence-electron chi connectivity index (χ3n) is 5.49. The third-order valence-corrected chi connectivity index (χ3v) is 5.49. The van der Waals surface area contributed by atoms with Crippen molar-refractivity contribution >= 4 is 23.3 Å². The number of carbonyl (C=O) groups is 2. The summed E-state index contributed by atoms with van der Waals surface area (Å²) in [5.41, 5.74) is 5.36. The summed E-state index contributed by atoms with van der Waals surface area (Å²) >= 11 is 0. The number of nitrogens with zero attached hydrogens (tertiary/aromatic N) is 2. The van der Waals surface area contributed by atoms with Crippen LogP contribution in [-0.4, -0.2) is 49.4 Å². The first kappa shape index (κ1) is 21.6. The van der Waals surface area contributed by atoms with Gasteiger partial charge in [-0.2, -0.15) is 0 Å². The molecule has 7 heteroatoms. The molecule has 0 unspecified atom stereocenters. The Bertz CT molecular complexity index is 1060. The van der Waals surface area contributed by atoms with E-state index in [4.69, 9.17) is 9.47 Å². The molecule has 4 rings (SSSR count). The Morgan fingerprint density at radius 1 is 0.875 bits per heavy atom. The van der Waals surface area contributed by atoms with Gasteiger partial charge in [0.2, 0.25) is 0 Å². The topological polar surface area (TPSA) is 72.8 Å². The zero-order valence-electron chi connectivity index (χ0n) is 18.3. The van der Waals surface area contributed by atoms with E-state index in [1.165, 1.54) is 0 Å². The largest absolute Gasteiger partial charge is 0.452 e. The molecule has 166 valence electrons. The second kappa shape index (κ2) is 9.70. The SMILES string of the molecule is Cc1ccc(C)n1-c1ccc(C(=O)OCC(=O)Nc2ccc(N3CCOCC3)cc2)cc1. The summed E-state index contributed by atoms with van der Waals surface area (Å²) in [4.78, 5) is 26.8. The van der Waals surface area contributed by atoms with Crippen LogP contribution >= 0.6 is 0 Å². The highest BCUT2D eigenvalue weighted by Crippen LogP contribution is 2.19. The maximum Gasteiger partial charge on any atom is 0.338 e. The molecule has 0 radical (unpaired) electrons. The van der Waals surface area contributed by atoms with Crippen molar-refractivity contribution < 1.29 is 19.1 Å². The molecule has 1 aliphatic heterocycles. The van der Waals surface area contributed by atoms with E-state index in [1.54, 1.807) is 12.1 Å². The molecule has 32 heavy (non-hydrogen) atoms. The number of amides is 1. The average Bonchev–Trinajstić information content (AvgIpc) is 3.16. The number of carbonyl (C=O) groups excluding carboxylic acids is 2. The van der Waals surface area contributed by atoms with Gasteiger partial charge < -0.3 is 24.3 Å². The van der Waals surface area contributed by atoms with Gasteiger partial charge in [-0.1, -0.05) is 0 Å². The Labute approximate surface area is 187 Å². The van der Waals surface area contributed by atoms with Crippen LogP contribution in [0.15, 0.2) is 60.7 Å². The number of hydrogen-bond donors (Lipinski definition) is 1. The maximum atomic E-state index is 12.3. The van der Waals surface area contributed by atoms with Crippen molar-refractivity contribution in [1.82, 2.24) is 4.57 Å². The quantitative estimate of drug-likeness (QED) is 0.600. The van der Waals surface area contributed by atoms with Gasteiger partial charge in [-0.3, -0.25) is 4.79 Å². The lowest BCUT2D eigenvalue weighted by molar-refractivity contribution is -0.119. The number of esters is 1. The summed E-state index contributed by atoms with van der Waals surface area (Å²) in [7, 11) is 0. The summed E-state index contributed by atoms with van der Waals surface area (Å²) < 4.78 is 12.6. The normalized spacial score (nSPS) is 13.6. The van der Waals surface area contributed by atoms with Crippen LogP contribution < -0.4 is 10.2 Å². The van der Waals surface area contributed by atoms with Gasteiger partial charge in [0.05, 0.1) is 18.8 Å². The van der Waals surface area contributed by atoms with Gasteiger partial charge in [0, 0.05) is 41.5 Å². The molecule has 7 nitrogen and oxygen atoms in total. The summed E-state index contributed by atoms with van der Waals surface area (Å²) in [5, 5.41) is 2.76. The maximum absolute atomic E-state index is 12.3. The standard InChI is InChI=1S/C25H27N3O4/c1-18-3-4-19(2)28(18)23-9-5-20(6-10-23)25(30)32-17-24(29)26-21-7-11-22(12-8-21)27-13-15-31-16-14-27/h3-12H,13-17H2,1-2H3,(H,26,29). The van der Waals surface area contributed by atoms with Crippen LogP contribution in [0, 0.1) is 13.8 Å². The summed E-state index contributed by atoms with van der Waals surface area (Å²) in [6, 6.07) is 18.9. The smallest absolute Gasteiger partial charge is 0.338 e. The van der Waals surface area contributed by atoms with Gasteiger partial charge in [0.15, 0.2) is 6.61 Å². The lowest BCUT2D eigenvalue weighted by Crippen LogP contribution is -2.36. The number of nitrogens with one attached hydrogen (secondary N) is 1. The van der Waals surface area contributed by atoms with Crippen LogP contribution in [0.5, 0.6) is 0 Å². The molecule has 1 N–H and O–H groups in total. The van der Waals surface area contributed by atoms with Crippen LogP contribution in [0.4, 0.5) is 11.4 Å². The van der Waals surface area contributed by atoms with Crippen molar-refractivity contribution in [2.24, 2.45) is 0 Å². The summed E-state index contributed by atoms with van der Waals surface area (Å²) in [6.07, 6.45) is 0. The van der Waals surface area contributed by atoms with Gasteiger partial charge in [-0.25, -0.2) is 4.79 Å². The molecule has 1 aliphatic rings. The van der Waals surface area contributed by atoms with Gasteiger partial charge in [-0.05, 0) is 74.5 Å². The van der Waals surface area contributed by atoms with Crippen LogP contribution in [0.2, 0.25) is 0 Å². The van der Waals surface area contributed by atoms with Crippen molar-refractivity contribution in [2.45, 2.75) is 13.8 Å². The molecule has 1 fully saturated rings. The highest BCUT2D eigenvalue weighted by atomic mass is 16.5. The first-order valence-electron chi connectivity index (χ1n) is 10.7. The van der Waals surface area contributed by atoms with E-state index in [9.17, 15) is 9.59 Å². The van der Waals surface area contributed by atoms with E-state index in [0.717, 1.165) is 49.1 Å². The molecule has 1 aromatic heterocycles. The Balaban J connectivity index is 1.28. The van der Waals surface area contributed by atoms with Gasteiger partial charge in [-0.15, -0.1) is 0 Å². The van der Waals surface area contributed by atoms with Crippen molar-refractivity contribution in [3.63, 3.8) is 0 Å². The number of aromatic nitrogens is 1. The summed E-state index contributed by atoms with van der Waals surface area (Å²) in [6.45, 7) is 6.87. The van der Waals surface area contributed by atoms with Gasteiger partial charge >= 0.3 is 5.97 Å². The number of rotatable bonds is 6. The zero-order chi connectivity index (χ0) is 22.5. The van der Waals surface area contributed by atoms with Crippen LogP contribution in [-0.2, 0) is 14.3 Å². The lowest BCUT2D eigenvalue weighted by atomic mass is 10.2.